The molecule has 0 saturated heterocycles. The third-order valence-corrected chi connectivity index (χ3v) is 6.25. The molecule has 1 amide bonds. The third-order valence-electron chi connectivity index (χ3n) is 2.99. The van der Waals surface area contributed by atoms with Crippen molar-refractivity contribution >= 4 is 49.1 Å². The highest BCUT2D eigenvalue weighted by Crippen LogP contribution is 2.32. The molecular formula is C13H15Br2N3OS. The van der Waals surface area contributed by atoms with Crippen LogP contribution in [0.5, 0.6) is 0 Å². The van der Waals surface area contributed by atoms with E-state index < -0.39 is 0 Å². The molecule has 0 bridgehead atoms. The molecule has 0 fully saturated rings. The normalized spacial score (nSPS) is 12.4. The molecule has 0 saturated carbocycles. The molecule has 2 aromatic rings. The van der Waals surface area contributed by atoms with E-state index in [9.17, 15) is 4.79 Å². The summed E-state index contributed by atoms with van der Waals surface area (Å²) in [6, 6.07) is 1.75. The van der Waals surface area contributed by atoms with Crippen LogP contribution in [-0.2, 0) is 6.54 Å². The number of aryl methyl sites for hydroxylation is 2. The van der Waals surface area contributed by atoms with E-state index in [2.05, 4.69) is 42.3 Å². The average molecular weight is 421 g/mol. The van der Waals surface area contributed by atoms with Gasteiger partial charge in [-0.05, 0) is 58.7 Å². The average Bonchev–Trinajstić information content (AvgIpc) is 2.93. The number of carbonyl (C=O) groups excluding carboxylic acids is 1. The Hall–Kier alpha value is -0.660. The van der Waals surface area contributed by atoms with Gasteiger partial charge in [0.15, 0.2) is 0 Å². The van der Waals surface area contributed by atoms with Gasteiger partial charge in [0.2, 0.25) is 0 Å². The minimum Gasteiger partial charge on any atom is -0.345 e. The van der Waals surface area contributed by atoms with Gasteiger partial charge in [0, 0.05) is 22.8 Å². The van der Waals surface area contributed by atoms with Crippen LogP contribution in [0.1, 0.15) is 40.8 Å². The summed E-state index contributed by atoms with van der Waals surface area (Å²) < 4.78 is 3.70. The topological polar surface area (TPSA) is 46.9 Å². The first kappa shape index (κ1) is 15.7. The standard InChI is InChI=1S/C13H15Br2N3OS/c1-4-18-6-9(8(3)17-18)7(2)16-13(19)11-5-10(14)12(15)20-11/h5-7H,4H2,1-3H3,(H,16,19). The number of nitrogens with one attached hydrogen (secondary N) is 1. The first-order chi connectivity index (χ1) is 9.42. The molecular weight excluding hydrogens is 406 g/mol. The summed E-state index contributed by atoms with van der Waals surface area (Å²) >= 11 is 8.20. The summed E-state index contributed by atoms with van der Waals surface area (Å²) in [4.78, 5) is 12.9. The zero-order valence-electron chi connectivity index (χ0n) is 11.4. The van der Waals surface area contributed by atoms with Crippen molar-refractivity contribution in [3.05, 3.63) is 36.7 Å². The second-order valence-corrected chi connectivity index (χ2v) is 7.68. The van der Waals surface area contributed by atoms with Gasteiger partial charge in [-0.15, -0.1) is 11.3 Å². The molecule has 0 aliphatic carbocycles. The Labute approximate surface area is 138 Å². The summed E-state index contributed by atoms with van der Waals surface area (Å²) in [5, 5.41) is 7.41. The van der Waals surface area contributed by atoms with E-state index >= 15 is 0 Å². The fraction of sp³-hybridized carbons (Fsp3) is 0.385. The highest BCUT2D eigenvalue weighted by Gasteiger charge is 2.18. The van der Waals surface area contributed by atoms with E-state index in [0.717, 1.165) is 26.1 Å². The number of aromatic nitrogens is 2. The van der Waals surface area contributed by atoms with Gasteiger partial charge in [0.05, 0.1) is 20.4 Å². The predicted octanol–water partition coefficient (Wildman–Crippen LogP) is 4.29. The first-order valence-corrected chi connectivity index (χ1v) is 8.62. The Morgan fingerprint density at radius 3 is 2.75 bits per heavy atom. The Bertz CT molecular complexity index is 616. The van der Waals surface area contributed by atoms with Gasteiger partial charge in [-0.25, -0.2) is 0 Å². The van der Waals surface area contributed by atoms with Crippen LogP contribution in [0.25, 0.3) is 0 Å². The Morgan fingerprint density at radius 1 is 1.55 bits per heavy atom. The predicted molar refractivity (Wildman–Crippen MR) is 88.2 cm³/mol. The molecule has 0 aliphatic rings. The van der Waals surface area contributed by atoms with Crippen LogP contribution in [0, 0.1) is 6.92 Å². The molecule has 0 aromatic carbocycles. The molecule has 1 N–H and O–H groups in total. The lowest BCUT2D eigenvalue weighted by molar-refractivity contribution is 0.0944. The molecule has 0 radical (unpaired) electrons. The Balaban J connectivity index is 2.12. The summed E-state index contributed by atoms with van der Waals surface area (Å²) in [6.45, 7) is 6.80. The van der Waals surface area contributed by atoms with Gasteiger partial charge in [0.25, 0.3) is 5.91 Å². The van der Waals surface area contributed by atoms with Crippen molar-refractivity contribution in [1.82, 2.24) is 15.1 Å². The van der Waals surface area contributed by atoms with Gasteiger partial charge in [-0.3, -0.25) is 9.48 Å². The van der Waals surface area contributed by atoms with Gasteiger partial charge in [-0.2, -0.15) is 5.10 Å². The second-order valence-electron chi connectivity index (χ2n) is 4.45. The molecule has 2 rings (SSSR count). The van der Waals surface area contributed by atoms with E-state index in [-0.39, 0.29) is 11.9 Å². The van der Waals surface area contributed by atoms with Crippen LogP contribution in [-0.4, -0.2) is 15.7 Å². The van der Waals surface area contributed by atoms with E-state index in [0.29, 0.717) is 4.88 Å². The summed E-state index contributed by atoms with van der Waals surface area (Å²) in [5.41, 5.74) is 2.00. The Morgan fingerprint density at radius 2 is 2.25 bits per heavy atom. The number of hydrogen-bond acceptors (Lipinski definition) is 3. The van der Waals surface area contributed by atoms with Crippen molar-refractivity contribution in [3.8, 4) is 0 Å². The molecule has 2 aromatic heterocycles. The van der Waals surface area contributed by atoms with Crippen molar-refractivity contribution in [2.24, 2.45) is 0 Å². The smallest absolute Gasteiger partial charge is 0.261 e. The maximum Gasteiger partial charge on any atom is 0.261 e. The summed E-state index contributed by atoms with van der Waals surface area (Å²) in [6.07, 6.45) is 1.99. The van der Waals surface area contributed by atoms with Crippen LogP contribution in [0.3, 0.4) is 0 Å². The molecule has 7 heteroatoms. The SMILES string of the molecule is CCn1cc(C(C)NC(=O)c2cc(Br)c(Br)s2)c(C)n1. The highest BCUT2D eigenvalue weighted by atomic mass is 79.9. The maximum absolute atomic E-state index is 12.2. The minimum absolute atomic E-state index is 0.0672. The molecule has 0 aliphatic heterocycles. The number of nitrogens with zero attached hydrogens (tertiary/aromatic N) is 2. The largest absolute Gasteiger partial charge is 0.345 e. The monoisotopic (exact) mass is 419 g/mol. The lowest BCUT2D eigenvalue weighted by Crippen LogP contribution is -2.26. The van der Waals surface area contributed by atoms with Crippen LogP contribution < -0.4 is 5.32 Å². The molecule has 2 heterocycles. The van der Waals surface area contributed by atoms with Gasteiger partial charge < -0.3 is 5.32 Å². The number of halogens is 2. The molecule has 4 nitrogen and oxygen atoms in total. The first-order valence-electron chi connectivity index (χ1n) is 6.22. The zero-order chi connectivity index (χ0) is 14.9. The van der Waals surface area contributed by atoms with Crippen molar-refractivity contribution < 1.29 is 4.79 Å². The van der Waals surface area contributed by atoms with Crippen LogP contribution in [0.4, 0.5) is 0 Å². The highest BCUT2D eigenvalue weighted by molar-refractivity contribution is 9.13. The van der Waals surface area contributed by atoms with Crippen molar-refractivity contribution in [1.29, 1.82) is 0 Å². The molecule has 0 spiro atoms. The lowest BCUT2D eigenvalue weighted by atomic mass is 10.1. The summed E-state index contributed by atoms with van der Waals surface area (Å²) in [5.74, 6) is -0.0717. The third kappa shape index (κ3) is 3.32. The van der Waals surface area contributed by atoms with Crippen molar-refractivity contribution in [2.75, 3.05) is 0 Å². The number of rotatable bonds is 4. The fourth-order valence-electron chi connectivity index (χ4n) is 1.92. The van der Waals surface area contributed by atoms with Crippen LogP contribution >= 0.6 is 43.2 Å². The van der Waals surface area contributed by atoms with E-state index in [4.69, 9.17) is 0 Å². The minimum atomic E-state index is -0.0717. The van der Waals surface area contributed by atoms with E-state index in [1.165, 1.54) is 11.3 Å². The number of thiophene rings is 1. The van der Waals surface area contributed by atoms with E-state index in [1.807, 2.05) is 37.7 Å². The van der Waals surface area contributed by atoms with Crippen LogP contribution in [0.2, 0.25) is 0 Å². The van der Waals surface area contributed by atoms with Gasteiger partial charge >= 0.3 is 0 Å². The lowest BCUT2D eigenvalue weighted by Gasteiger charge is -2.12. The molecule has 1 unspecified atom stereocenters. The number of hydrogen-bond donors (Lipinski definition) is 1. The van der Waals surface area contributed by atoms with Gasteiger partial charge in [0.1, 0.15) is 0 Å². The molecule has 20 heavy (non-hydrogen) atoms. The molecule has 108 valence electrons. The quantitative estimate of drug-likeness (QED) is 0.801. The van der Waals surface area contributed by atoms with Crippen LogP contribution in [0.15, 0.2) is 20.5 Å². The zero-order valence-corrected chi connectivity index (χ0v) is 15.4. The fourth-order valence-corrected chi connectivity index (χ4v) is 3.86. The van der Waals surface area contributed by atoms with Crippen molar-refractivity contribution in [2.45, 2.75) is 33.4 Å². The second kappa shape index (κ2) is 6.41. The number of amides is 1. The molecule has 1 atom stereocenters. The van der Waals surface area contributed by atoms with Crippen molar-refractivity contribution in [3.63, 3.8) is 0 Å². The summed E-state index contributed by atoms with van der Waals surface area (Å²) in [7, 11) is 0. The maximum atomic E-state index is 12.2. The van der Waals surface area contributed by atoms with E-state index in [1.54, 1.807) is 0 Å². The van der Waals surface area contributed by atoms with Gasteiger partial charge in [-0.1, -0.05) is 0 Å². The number of carbonyl (C=O) groups is 1. The Kier molecular flexibility index (Phi) is 5.04.